The van der Waals surface area contributed by atoms with Gasteiger partial charge in [-0.05, 0) is 50.7 Å². The van der Waals surface area contributed by atoms with Gasteiger partial charge in [0.25, 0.3) is 0 Å². The van der Waals surface area contributed by atoms with Gasteiger partial charge in [-0.25, -0.2) is 4.39 Å². The van der Waals surface area contributed by atoms with E-state index in [9.17, 15) is 4.39 Å². The van der Waals surface area contributed by atoms with Crippen LogP contribution in [-0.4, -0.2) is 41.4 Å². The number of nitrogens with zero attached hydrogens (tertiary/aromatic N) is 3. The molecular weight excluding hydrogens is 303 g/mol. The maximum Gasteiger partial charge on any atom is 0.123 e. The molecule has 5 heteroatoms. The van der Waals surface area contributed by atoms with Gasteiger partial charge in [-0.15, -0.1) is 0 Å². The monoisotopic (exact) mass is 328 g/mol. The second kappa shape index (κ2) is 6.65. The first-order valence-electron chi connectivity index (χ1n) is 8.93. The molecule has 0 bridgehead atoms. The molecule has 0 saturated carbocycles. The second-order valence-electron chi connectivity index (χ2n) is 7.08. The predicted octanol–water partition coefficient (Wildman–Crippen LogP) is 2.53. The van der Waals surface area contributed by atoms with Crippen molar-refractivity contribution < 1.29 is 4.39 Å². The fraction of sp³-hybridized carbons (Fsp3) is 0.526. The molecular formula is C19H25FN4. The Morgan fingerprint density at radius 3 is 2.71 bits per heavy atom. The highest BCUT2D eigenvalue weighted by Crippen LogP contribution is 2.28. The lowest BCUT2D eigenvalue weighted by molar-refractivity contribution is 0.209. The van der Waals surface area contributed by atoms with E-state index in [4.69, 9.17) is 5.10 Å². The minimum atomic E-state index is -0.181. The van der Waals surface area contributed by atoms with Gasteiger partial charge in [0.05, 0.1) is 11.7 Å². The average Bonchev–Trinajstić information content (AvgIpc) is 2.97. The molecule has 1 fully saturated rings. The quantitative estimate of drug-likeness (QED) is 0.940. The maximum absolute atomic E-state index is 13.1. The van der Waals surface area contributed by atoms with Gasteiger partial charge in [0.1, 0.15) is 5.82 Å². The fourth-order valence-corrected chi connectivity index (χ4v) is 3.92. The highest BCUT2D eigenvalue weighted by Gasteiger charge is 2.26. The summed E-state index contributed by atoms with van der Waals surface area (Å²) in [5, 5.41) is 8.50. The normalized spacial score (nSPS) is 19.4. The number of hydrogen-bond acceptors (Lipinski definition) is 3. The van der Waals surface area contributed by atoms with Crippen LogP contribution >= 0.6 is 0 Å². The Kier molecular flexibility index (Phi) is 4.37. The van der Waals surface area contributed by atoms with Gasteiger partial charge >= 0.3 is 0 Å². The average molecular weight is 328 g/mol. The van der Waals surface area contributed by atoms with Crippen LogP contribution in [0, 0.1) is 5.82 Å². The van der Waals surface area contributed by atoms with Gasteiger partial charge in [-0.1, -0.05) is 12.1 Å². The first-order chi connectivity index (χ1) is 11.7. The van der Waals surface area contributed by atoms with Crippen molar-refractivity contribution >= 4 is 0 Å². The molecule has 1 N–H and O–H groups in total. The van der Waals surface area contributed by atoms with Gasteiger partial charge in [-0.3, -0.25) is 4.68 Å². The summed E-state index contributed by atoms with van der Waals surface area (Å²) in [4.78, 5) is 2.40. The first-order valence-corrected chi connectivity index (χ1v) is 8.93. The summed E-state index contributed by atoms with van der Waals surface area (Å²) in [6, 6.07) is 7.33. The number of nitrogens with one attached hydrogen (secondary N) is 1. The van der Waals surface area contributed by atoms with E-state index in [1.807, 2.05) is 12.1 Å². The molecule has 4 rings (SSSR count). The summed E-state index contributed by atoms with van der Waals surface area (Å²) < 4.78 is 15.5. The standard InChI is InChI=1S/C19H25FN4/c1-23-10-7-16(8-11-23)24-19-6-9-21-13-17(19)18(22-24)12-14-2-4-15(20)5-3-14/h2-5,16,21H,6-13H2,1H3. The molecule has 3 heterocycles. The Labute approximate surface area is 142 Å². The number of likely N-dealkylation sites (tertiary alicyclic amines) is 1. The summed E-state index contributed by atoms with van der Waals surface area (Å²) in [5.41, 5.74) is 5.06. The van der Waals surface area contributed by atoms with Gasteiger partial charge in [-0.2, -0.15) is 5.10 Å². The molecule has 4 nitrogen and oxygen atoms in total. The molecule has 1 aromatic carbocycles. The Bertz CT molecular complexity index is 699. The van der Waals surface area contributed by atoms with Gasteiger partial charge in [0, 0.05) is 37.2 Å². The van der Waals surface area contributed by atoms with Crippen molar-refractivity contribution in [1.29, 1.82) is 0 Å². The van der Waals surface area contributed by atoms with Crippen LogP contribution in [0.25, 0.3) is 0 Å². The third-order valence-electron chi connectivity index (χ3n) is 5.36. The molecule has 2 aliphatic rings. The third-order valence-corrected chi connectivity index (χ3v) is 5.36. The zero-order valence-corrected chi connectivity index (χ0v) is 14.3. The molecule has 0 aliphatic carbocycles. The topological polar surface area (TPSA) is 33.1 Å². The number of rotatable bonds is 3. The smallest absolute Gasteiger partial charge is 0.123 e. The first kappa shape index (κ1) is 15.8. The molecule has 1 aromatic heterocycles. The van der Waals surface area contributed by atoms with Crippen molar-refractivity contribution in [1.82, 2.24) is 20.0 Å². The third kappa shape index (κ3) is 3.10. The van der Waals surface area contributed by atoms with Crippen LogP contribution in [0.3, 0.4) is 0 Å². The van der Waals surface area contributed by atoms with Crippen LogP contribution in [0.5, 0.6) is 0 Å². The van der Waals surface area contributed by atoms with E-state index < -0.39 is 0 Å². The highest BCUT2D eigenvalue weighted by molar-refractivity contribution is 5.33. The molecule has 0 spiro atoms. The Hall–Kier alpha value is -1.72. The molecule has 2 aliphatic heterocycles. The molecule has 2 aromatic rings. The minimum absolute atomic E-state index is 0.181. The van der Waals surface area contributed by atoms with Crippen molar-refractivity contribution in [2.24, 2.45) is 0 Å². The van der Waals surface area contributed by atoms with Crippen LogP contribution in [0.1, 0.15) is 41.4 Å². The fourth-order valence-electron chi connectivity index (χ4n) is 3.92. The molecule has 24 heavy (non-hydrogen) atoms. The number of halogens is 1. The van der Waals surface area contributed by atoms with Gasteiger partial charge < -0.3 is 10.2 Å². The van der Waals surface area contributed by atoms with Crippen molar-refractivity contribution in [2.75, 3.05) is 26.7 Å². The van der Waals surface area contributed by atoms with Crippen molar-refractivity contribution in [3.8, 4) is 0 Å². The molecule has 0 unspecified atom stereocenters. The lowest BCUT2D eigenvalue weighted by Crippen LogP contribution is -2.33. The van der Waals surface area contributed by atoms with E-state index >= 15 is 0 Å². The van der Waals surface area contributed by atoms with E-state index in [1.165, 1.54) is 36.2 Å². The second-order valence-corrected chi connectivity index (χ2v) is 7.08. The van der Waals surface area contributed by atoms with Crippen LogP contribution in [0.15, 0.2) is 24.3 Å². The predicted molar refractivity (Wildman–Crippen MR) is 92.6 cm³/mol. The zero-order chi connectivity index (χ0) is 16.5. The number of fused-ring (bicyclic) bond motifs is 1. The summed E-state index contributed by atoms with van der Waals surface area (Å²) in [7, 11) is 2.19. The number of piperidine rings is 1. The lowest BCUT2D eigenvalue weighted by atomic mass is 10.0. The van der Waals surface area contributed by atoms with Crippen molar-refractivity contribution in [3.63, 3.8) is 0 Å². The molecule has 128 valence electrons. The molecule has 0 radical (unpaired) electrons. The maximum atomic E-state index is 13.1. The molecule has 0 amide bonds. The van der Waals surface area contributed by atoms with Gasteiger partial charge in [0.15, 0.2) is 0 Å². The zero-order valence-electron chi connectivity index (χ0n) is 14.3. The van der Waals surface area contributed by atoms with E-state index in [0.717, 1.165) is 50.3 Å². The van der Waals surface area contributed by atoms with Crippen LogP contribution < -0.4 is 5.32 Å². The summed E-state index contributed by atoms with van der Waals surface area (Å²) in [6.07, 6.45) is 4.18. The van der Waals surface area contributed by atoms with Crippen LogP contribution in [-0.2, 0) is 19.4 Å². The Morgan fingerprint density at radius 1 is 1.21 bits per heavy atom. The van der Waals surface area contributed by atoms with E-state index in [1.54, 1.807) is 0 Å². The number of benzene rings is 1. The van der Waals surface area contributed by atoms with E-state index in [-0.39, 0.29) is 5.82 Å². The number of hydrogen-bond donors (Lipinski definition) is 1. The molecule has 1 saturated heterocycles. The highest BCUT2D eigenvalue weighted by atomic mass is 19.1. The van der Waals surface area contributed by atoms with E-state index in [0.29, 0.717) is 6.04 Å². The molecule has 0 atom stereocenters. The van der Waals surface area contributed by atoms with Crippen LogP contribution in [0.4, 0.5) is 4.39 Å². The number of aromatic nitrogens is 2. The largest absolute Gasteiger partial charge is 0.312 e. The van der Waals surface area contributed by atoms with Crippen molar-refractivity contribution in [2.45, 2.75) is 38.3 Å². The van der Waals surface area contributed by atoms with Crippen LogP contribution in [0.2, 0.25) is 0 Å². The van der Waals surface area contributed by atoms with Crippen molar-refractivity contribution in [3.05, 3.63) is 52.6 Å². The Balaban J connectivity index is 1.63. The summed E-state index contributed by atoms with van der Waals surface area (Å²) in [6.45, 7) is 4.22. The summed E-state index contributed by atoms with van der Waals surface area (Å²) >= 11 is 0. The minimum Gasteiger partial charge on any atom is -0.312 e. The Morgan fingerprint density at radius 2 is 1.96 bits per heavy atom. The van der Waals surface area contributed by atoms with Gasteiger partial charge in [0.2, 0.25) is 0 Å². The SMILES string of the molecule is CN1CCC(n2nc(Cc3ccc(F)cc3)c3c2CCNC3)CC1. The lowest BCUT2D eigenvalue weighted by Gasteiger charge is -2.30. The van der Waals surface area contributed by atoms with E-state index in [2.05, 4.69) is 21.9 Å². The summed E-state index contributed by atoms with van der Waals surface area (Å²) in [5.74, 6) is -0.181.